The molecule has 29 heavy (non-hydrogen) atoms. The average molecular weight is 484 g/mol. The molecule has 0 spiro atoms. The van der Waals surface area contributed by atoms with Crippen molar-refractivity contribution in [3.63, 3.8) is 0 Å². The lowest BCUT2D eigenvalue weighted by Gasteiger charge is -2.33. The third-order valence-corrected chi connectivity index (χ3v) is 5.86. The lowest BCUT2D eigenvalue weighted by molar-refractivity contribution is 0.0704. The molecule has 0 bridgehead atoms. The van der Waals surface area contributed by atoms with E-state index in [1.807, 2.05) is 0 Å². The molecule has 0 saturated carbocycles. The SMILES string of the molecule is CN(C(=O)c1ccc(Br)o1)c1ccccc1C(=O)N1CCCC(NS(C)(=O)=O)C1. The Kier molecular flexibility index (Phi) is 6.45. The van der Waals surface area contributed by atoms with Gasteiger partial charge in [0.1, 0.15) is 0 Å². The van der Waals surface area contributed by atoms with Crippen molar-refractivity contribution in [2.45, 2.75) is 18.9 Å². The van der Waals surface area contributed by atoms with E-state index in [-0.39, 0.29) is 30.2 Å². The van der Waals surface area contributed by atoms with E-state index in [1.54, 1.807) is 48.3 Å². The van der Waals surface area contributed by atoms with E-state index in [9.17, 15) is 18.0 Å². The summed E-state index contributed by atoms with van der Waals surface area (Å²) in [6.45, 7) is 0.806. The van der Waals surface area contributed by atoms with Gasteiger partial charge in [0.15, 0.2) is 10.4 Å². The van der Waals surface area contributed by atoms with Gasteiger partial charge in [0.05, 0.1) is 17.5 Å². The number of hydrogen-bond donors (Lipinski definition) is 1. The van der Waals surface area contributed by atoms with Gasteiger partial charge in [-0.25, -0.2) is 13.1 Å². The Hall–Kier alpha value is -2.17. The molecule has 0 radical (unpaired) electrons. The summed E-state index contributed by atoms with van der Waals surface area (Å²) in [5, 5.41) is 0. The molecular weight excluding hydrogens is 462 g/mol. The summed E-state index contributed by atoms with van der Waals surface area (Å²) < 4.78 is 31.4. The van der Waals surface area contributed by atoms with Gasteiger partial charge in [-0.05, 0) is 53.0 Å². The fraction of sp³-hybridized carbons (Fsp3) is 0.368. The van der Waals surface area contributed by atoms with Crippen LogP contribution >= 0.6 is 15.9 Å². The smallest absolute Gasteiger partial charge is 0.293 e. The van der Waals surface area contributed by atoms with Crippen LogP contribution < -0.4 is 9.62 Å². The standard InChI is InChI=1S/C19H22BrN3O5S/c1-22(19(25)16-9-10-17(20)28-16)15-8-4-3-7-14(15)18(24)23-11-5-6-13(12-23)21-29(2,26)27/h3-4,7-10,13,21H,5-6,11-12H2,1-2H3. The first-order valence-electron chi connectivity index (χ1n) is 9.04. The number of anilines is 1. The second-order valence-corrected chi connectivity index (χ2v) is 9.53. The van der Waals surface area contributed by atoms with Crippen LogP contribution in [0.3, 0.4) is 0 Å². The Morgan fingerprint density at radius 1 is 1.24 bits per heavy atom. The second-order valence-electron chi connectivity index (χ2n) is 6.97. The summed E-state index contributed by atoms with van der Waals surface area (Å²) in [6, 6.07) is 9.69. The number of hydrogen-bond acceptors (Lipinski definition) is 5. The number of rotatable bonds is 5. The van der Waals surface area contributed by atoms with Crippen LogP contribution in [0.15, 0.2) is 45.5 Å². The van der Waals surface area contributed by atoms with E-state index in [4.69, 9.17) is 4.42 Å². The maximum Gasteiger partial charge on any atom is 0.293 e. The van der Waals surface area contributed by atoms with Crippen molar-refractivity contribution < 1.29 is 22.4 Å². The minimum atomic E-state index is -3.35. The third-order valence-electron chi connectivity index (χ3n) is 4.67. The van der Waals surface area contributed by atoms with Crippen LogP contribution in [0.25, 0.3) is 0 Å². The number of para-hydroxylation sites is 1. The number of amides is 2. The molecule has 3 rings (SSSR count). The van der Waals surface area contributed by atoms with Crippen molar-refractivity contribution >= 4 is 43.5 Å². The summed E-state index contributed by atoms with van der Waals surface area (Å²) in [6.07, 6.45) is 2.47. The summed E-state index contributed by atoms with van der Waals surface area (Å²) >= 11 is 3.17. The number of nitrogens with one attached hydrogen (secondary N) is 1. The van der Waals surface area contributed by atoms with E-state index in [0.29, 0.717) is 35.3 Å². The van der Waals surface area contributed by atoms with Crippen LogP contribution in [0.2, 0.25) is 0 Å². The molecule has 1 aliphatic rings. The molecule has 1 aromatic heterocycles. The molecular formula is C19H22BrN3O5S. The Morgan fingerprint density at radius 2 is 1.97 bits per heavy atom. The highest BCUT2D eigenvalue weighted by Crippen LogP contribution is 2.25. The van der Waals surface area contributed by atoms with Gasteiger partial charge in [-0.15, -0.1) is 0 Å². The Labute approximate surface area is 178 Å². The molecule has 1 atom stereocenters. The highest BCUT2D eigenvalue weighted by Gasteiger charge is 2.29. The summed E-state index contributed by atoms with van der Waals surface area (Å²) in [5.41, 5.74) is 0.821. The van der Waals surface area contributed by atoms with Crippen molar-refractivity contribution in [2.24, 2.45) is 0 Å². The first-order valence-corrected chi connectivity index (χ1v) is 11.7. The summed E-state index contributed by atoms with van der Waals surface area (Å²) in [7, 11) is -1.78. The quantitative estimate of drug-likeness (QED) is 0.703. The molecule has 2 heterocycles. The maximum absolute atomic E-state index is 13.2. The highest BCUT2D eigenvalue weighted by molar-refractivity contribution is 9.10. The fourth-order valence-corrected chi connectivity index (χ4v) is 4.49. The zero-order valence-electron chi connectivity index (χ0n) is 16.1. The van der Waals surface area contributed by atoms with Crippen molar-refractivity contribution in [1.29, 1.82) is 0 Å². The van der Waals surface area contributed by atoms with Crippen LogP contribution in [0.1, 0.15) is 33.8 Å². The van der Waals surface area contributed by atoms with Gasteiger partial charge in [0.2, 0.25) is 10.0 Å². The van der Waals surface area contributed by atoms with Gasteiger partial charge in [-0.1, -0.05) is 12.1 Å². The Morgan fingerprint density at radius 3 is 2.62 bits per heavy atom. The molecule has 10 heteroatoms. The molecule has 1 fully saturated rings. The first-order chi connectivity index (χ1) is 13.7. The van der Waals surface area contributed by atoms with E-state index in [0.717, 1.165) is 6.26 Å². The lowest BCUT2D eigenvalue weighted by Crippen LogP contribution is -2.49. The molecule has 2 amide bonds. The van der Waals surface area contributed by atoms with Crippen molar-refractivity contribution in [3.05, 3.63) is 52.4 Å². The van der Waals surface area contributed by atoms with Crippen molar-refractivity contribution in [3.8, 4) is 0 Å². The predicted octanol–water partition coefficient (Wildman–Crippen LogP) is 2.47. The number of furan rings is 1. The summed E-state index contributed by atoms with van der Waals surface area (Å²) in [4.78, 5) is 28.9. The molecule has 1 aromatic carbocycles. The van der Waals surface area contributed by atoms with Crippen LogP contribution in [-0.2, 0) is 10.0 Å². The van der Waals surface area contributed by atoms with Gasteiger partial charge in [0.25, 0.3) is 11.8 Å². The second kappa shape index (κ2) is 8.68. The average Bonchev–Trinajstić information content (AvgIpc) is 3.11. The minimum Gasteiger partial charge on any atom is -0.444 e. The number of halogens is 1. The van der Waals surface area contributed by atoms with Crippen molar-refractivity contribution in [1.82, 2.24) is 9.62 Å². The molecule has 1 aliphatic heterocycles. The van der Waals surface area contributed by atoms with Crippen LogP contribution in [0.5, 0.6) is 0 Å². The third kappa shape index (κ3) is 5.26. The number of likely N-dealkylation sites (tertiary alicyclic amines) is 1. The normalized spacial score (nSPS) is 17.2. The molecule has 2 aromatic rings. The van der Waals surface area contributed by atoms with Crippen LogP contribution in [0, 0.1) is 0 Å². The number of piperidine rings is 1. The topological polar surface area (TPSA) is 99.9 Å². The monoisotopic (exact) mass is 483 g/mol. The van der Waals surface area contributed by atoms with Gasteiger partial charge in [-0.3, -0.25) is 9.59 Å². The number of nitrogens with zero attached hydrogens (tertiary/aromatic N) is 2. The largest absolute Gasteiger partial charge is 0.444 e. The molecule has 1 saturated heterocycles. The van der Waals surface area contributed by atoms with Gasteiger partial charge >= 0.3 is 0 Å². The predicted molar refractivity (Wildman–Crippen MR) is 112 cm³/mol. The highest BCUT2D eigenvalue weighted by atomic mass is 79.9. The first kappa shape index (κ1) is 21.5. The van der Waals surface area contributed by atoms with Gasteiger partial charge < -0.3 is 14.2 Å². The van der Waals surface area contributed by atoms with Gasteiger partial charge in [0, 0.05) is 26.2 Å². The molecule has 0 aliphatic carbocycles. The number of benzene rings is 1. The number of carbonyl (C=O) groups is 2. The van der Waals surface area contributed by atoms with Crippen LogP contribution in [0.4, 0.5) is 5.69 Å². The van der Waals surface area contributed by atoms with E-state index in [2.05, 4.69) is 20.7 Å². The fourth-order valence-electron chi connectivity index (χ4n) is 3.38. The zero-order chi connectivity index (χ0) is 21.2. The van der Waals surface area contributed by atoms with Gasteiger partial charge in [-0.2, -0.15) is 0 Å². The van der Waals surface area contributed by atoms with E-state index in [1.165, 1.54) is 4.90 Å². The van der Waals surface area contributed by atoms with Crippen LogP contribution in [-0.4, -0.2) is 57.6 Å². The zero-order valence-corrected chi connectivity index (χ0v) is 18.5. The Balaban J connectivity index is 1.82. The lowest BCUT2D eigenvalue weighted by atomic mass is 10.0. The molecule has 1 N–H and O–H groups in total. The molecule has 156 valence electrons. The van der Waals surface area contributed by atoms with E-state index < -0.39 is 10.0 Å². The minimum absolute atomic E-state index is 0.150. The van der Waals surface area contributed by atoms with Crippen molar-refractivity contribution in [2.75, 3.05) is 31.3 Å². The number of sulfonamides is 1. The summed E-state index contributed by atoms with van der Waals surface area (Å²) in [5.74, 6) is -0.482. The maximum atomic E-state index is 13.2. The number of carbonyl (C=O) groups excluding carboxylic acids is 2. The molecule has 1 unspecified atom stereocenters. The Bertz CT molecular complexity index is 1020. The molecule has 8 nitrogen and oxygen atoms in total. The van der Waals surface area contributed by atoms with E-state index >= 15 is 0 Å².